The molecule has 53 heavy (non-hydrogen) atoms. The van der Waals surface area contributed by atoms with E-state index in [4.69, 9.17) is 0 Å². The summed E-state index contributed by atoms with van der Waals surface area (Å²) < 4.78 is 2.26. The Morgan fingerprint density at radius 2 is 1.53 bits per heavy atom. The molecule has 5 aromatic rings. The summed E-state index contributed by atoms with van der Waals surface area (Å²) in [6.07, 6.45) is 5.38. The first-order chi connectivity index (χ1) is 25.7. The van der Waals surface area contributed by atoms with E-state index in [-0.39, 0.29) is 29.5 Å². The number of phenols is 1. The maximum atomic E-state index is 14.9. The van der Waals surface area contributed by atoms with Crippen LogP contribution in [0.4, 0.5) is 5.69 Å². The van der Waals surface area contributed by atoms with Crippen molar-refractivity contribution in [3.05, 3.63) is 142 Å². The number of nitrogens with zero attached hydrogens (tertiary/aromatic N) is 4. The Morgan fingerprint density at radius 3 is 2.32 bits per heavy atom. The lowest BCUT2D eigenvalue weighted by Crippen LogP contribution is -2.43. The summed E-state index contributed by atoms with van der Waals surface area (Å²) in [5.41, 5.74) is 10.4. The van der Waals surface area contributed by atoms with Gasteiger partial charge in [0.15, 0.2) is 0 Å². The molecule has 4 aromatic carbocycles. The molecular weight excluding hydrogens is 661 g/mol. The van der Waals surface area contributed by atoms with Gasteiger partial charge in [0.2, 0.25) is 5.91 Å². The number of hydrogen-bond donors (Lipinski definition) is 1. The summed E-state index contributed by atoms with van der Waals surface area (Å²) in [5.74, 6) is 0.121. The van der Waals surface area contributed by atoms with E-state index in [1.165, 1.54) is 11.1 Å². The molecule has 4 heterocycles. The first kappa shape index (κ1) is 34.5. The zero-order valence-corrected chi connectivity index (χ0v) is 30.6. The van der Waals surface area contributed by atoms with Crippen LogP contribution in [0.3, 0.4) is 0 Å². The molecule has 0 saturated heterocycles. The average Bonchev–Trinajstić information content (AvgIpc) is 3.58. The Bertz CT molecular complexity index is 2190. The van der Waals surface area contributed by atoms with Crippen molar-refractivity contribution in [2.24, 2.45) is 0 Å². The van der Waals surface area contributed by atoms with E-state index in [1.54, 1.807) is 36.2 Å². The molecule has 3 aliphatic heterocycles. The van der Waals surface area contributed by atoms with Crippen molar-refractivity contribution in [3.8, 4) is 17.0 Å². The van der Waals surface area contributed by atoms with E-state index in [0.29, 0.717) is 55.7 Å². The van der Waals surface area contributed by atoms with Crippen LogP contribution < -0.4 is 4.90 Å². The molecule has 0 fully saturated rings. The molecule has 0 radical (unpaired) electrons. The normalized spacial score (nSPS) is 16.4. The molecule has 8 nitrogen and oxygen atoms in total. The lowest BCUT2D eigenvalue weighted by molar-refractivity contribution is -0.132. The predicted octanol–water partition coefficient (Wildman–Crippen LogP) is 7.58. The van der Waals surface area contributed by atoms with Crippen molar-refractivity contribution in [1.82, 2.24) is 14.4 Å². The van der Waals surface area contributed by atoms with Crippen LogP contribution in [0.1, 0.15) is 80.4 Å². The number of carbonyl (C=O) groups is 3. The second-order valence-corrected chi connectivity index (χ2v) is 14.9. The van der Waals surface area contributed by atoms with Gasteiger partial charge in [0, 0.05) is 73.9 Å². The van der Waals surface area contributed by atoms with Gasteiger partial charge in [-0.3, -0.25) is 14.4 Å². The first-order valence-corrected chi connectivity index (χ1v) is 18.9. The Hall–Kier alpha value is -5.63. The fraction of sp³-hybridized carbons (Fsp3) is 0.311. The highest BCUT2D eigenvalue weighted by Crippen LogP contribution is 2.38. The Kier molecular flexibility index (Phi) is 9.37. The molecule has 1 N–H and O–H groups in total. The summed E-state index contributed by atoms with van der Waals surface area (Å²) >= 11 is 0. The molecule has 1 atom stereocenters. The SMILES string of the molecule is C[C@@H]1Cc2ccccc2CN1C(=O)c1cc2c(cc1-c1cc(C(=O)N(C)c3ccc(O)cc3)c3n1CCCC3)CCN(C(=O)CCc1ccccc1)C2. The van der Waals surface area contributed by atoms with E-state index >= 15 is 0 Å². The van der Waals surface area contributed by atoms with E-state index in [0.717, 1.165) is 65.9 Å². The number of aromatic hydroxyl groups is 1. The fourth-order valence-electron chi connectivity index (χ4n) is 8.43. The minimum Gasteiger partial charge on any atom is -0.508 e. The van der Waals surface area contributed by atoms with Crippen LogP contribution in [0.2, 0.25) is 0 Å². The van der Waals surface area contributed by atoms with E-state index in [9.17, 15) is 19.5 Å². The van der Waals surface area contributed by atoms with Crippen molar-refractivity contribution in [3.63, 3.8) is 0 Å². The van der Waals surface area contributed by atoms with Crippen LogP contribution in [0.15, 0.2) is 97.1 Å². The van der Waals surface area contributed by atoms with Gasteiger partial charge in [0.1, 0.15) is 5.75 Å². The van der Waals surface area contributed by atoms with Crippen LogP contribution in [-0.4, -0.2) is 56.8 Å². The van der Waals surface area contributed by atoms with Gasteiger partial charge in [-0.15, -0.1) is 0 Å². The summed E-state index contributed by atoms with van der Waals surface area (Å²) in [7, 11) is 1.76. The number of amides is 3. The second-order valence-electron chi connectivity index (χ2n) is 14.9. The van der Waals surface area contributed by atoms with E-state index in [2.05, 4.69) is 47.9 Å². The molecule has 0 spiro atoms. The second kappa shape index (κ2) is 14.4. The minimum atomic E-state index is -0.121. The number of hydrogen-bond acceptors (Lipinski definition) is 4. The molecular formula is C45H46N4O4. The topological polar surface area (TPSA) is 86.1 Å². The van der Waals surface area contributed by atoms with Gasteiger partial charge in [0.25, 0.3) is 11.8 Å². The van der Waals surface area contributed by atoms with Gasteiger partial charge in [-0.2, -0.15) is 0 Å². The largest absolute Gasteiger partial charge is 0.508 e. The molecule has 8 rings (SSSR count). The highest BCUT2D eigenvalue weighted by atomic mass is 16.3. The van der Waals surface area contributed by atoms with Gasteiger partial charge < -0.3 is 24.4 Å². The highest BCUT2D eigenvalue weighted by Gasteiger charge is 2.33. The Labute approximate surface area is 311 Å². The monoisotopic (exact) mass is 706 g/mol. The van der Waals surface area contributed by atoms with Gasteiger partial charge in [-0.1, -0.05) is 54.6 Å². The molecule has 270 valence electrons. The number of aromatic nitrogens is 1. The Morgan fingerprint density at radius 1 is 0.774 bits per heavy atom. The van der Waals surface area contributed by atoms with Crippen LogP contribution in [-0.2, 0) is 50.1 Å². The number of carbonyl (C=O) groups excluding carboxylic acids is 3. The zero-order valence-electron chi connectivity index (χ0n) is 30.6. The van der Waals surface area contributed by atoms with E-state index < -0.39 is 0 Å². The molecule has 0 saturated carbocycles. The van der Waals surface area contributed by atoms with Crippen LogP contribution in [0.25, 0.3) is 11.3 Å². The number of phenolic OH excluding ortho intramolecular Hbond substituents is 1. The van der Waals surface area contributed by atoms with Gasteiger partial charge in [-0.25, -0.2) is 0 Å². The number of aryl methyl sites for hydroxylation is 1. The maximum absolute atomic E-state index is 14.9. The lowest BCUT2D eigenvalue weighted by atomic mass is 9.89. The van der Waals surface area contributed by atoms with Gasteiger partial charge in [-0.05, 0) is 116 Å². The van der Waals surface area contributed by atoms with Crippen molar-refractivity contribution in [1.29, 1.82) is 0 Å². The quantitative estimate of drug-likeness (QED) is 0.189. The number of anilines is 1. The van der Waals surface area contributed by atoms with Crippen LogP contribution >= 0.6 is 0 Å². The smallest absolute Gasteiger partial charge is 0.259 e. The Balaban J connectivity index is 1.18. The molecule has 1 aromatic heterocycles. The number of fused-ring (bicyclic) bond motifs is 3. The third-order valence-electron chi connectivity index (χ3n) is 11.5. The van der Waals surface area contributed by atoms with Gasteiger partial charge in [0.05, 0.1) is 5.56 Å². The first-order valence-electron chi connectivity index (χ1n) is 18.9. The standard InChI is InChI=1S/C45H46N4O4/c1-30-24-32-12-6-7-13-34(32)29-49(30)45(53)39-26-35-28-47(43(51)20-15-31-10-4-3-5-11-31)23-21-33(35)25-38(39)42-27-40(41-14-8-9-22-48(41)42)44(52)46(2)36-16-18-37(50)19-17-36/h3-7,10-13,16-19,25-27,30,50H,8-9,14-15,20-24,28-29H2,1-2H3/t30-/m1/s1. The minimum absolute atomic E-state index is 0.00896. The highest BCUT2D eigenvalue weighted by molar-refractivity contribution is 6.08. The van der Waals surface area contributed by atoms with Crippen molar-refractivity contribution in [2.75, 3.05) is 18.5 Å². The molecule has 0 bridgehead atoms. The average molecular weight is 707 g/mol. The molecule has 0 aliphatic carbocycles. The molecule has 0 unspecified atom stereocenters. The fourth-order valence-corrected chi connectivity index (χ4v) is 8.43. The zero-order chi connectivity index (χ0) is 36.6. The summed E-state index contributed by atoms with van der Waals surface area (Å²) in [6, 6.07) is 31.3. The molecule has 3 amide bonds. The number of rotatable bonds is 7. The predicted molar refractivity (Wildman–Crippen MR) is 207 cm³/mol. The third-order valence-corrected chi connectivity index (χ3v) is 11.5. The summed E-state index contributed by atoms with van der Waals surface area (Å²) in [4.78, 5) is 48.2. The van der Waals surface area contributed by atoms with Crippen molar-refractivity contribution < 1.29 is 19.5 Å². The van der Waals surface area contributed by atoms with Crippen LogP contribution in [0.5, 0.6) is 5.75 Å². The summed E-state index contributed by atoms with van der Waals surface area (Å²) in [6.45, 7) is 4.51. The number of benzene rings is 4. The third kappa shape index (κ3) is 6.74. The molecule has 8 heteroatoms. The molecule has 3 aliphatic rings. The summed E-state index contributed by atoms with van der Waals surface area (Å²) in [5, 5.41) is 9.85. The van der Waals surface area contributed by atoms with E-state index in [1.807, 2.05) is 46.2 Å². The van der Waals surface area contributed by atoms with Crippen molar-refractivity contribution >= 4 is 23.4 Å². The van der Waals surface area contributed by atoms with Crippen LogP contribution in [0, 0.1) is 0 Å². The van der Waals surface area contributed by atoms with Gasteiger partial charge >= 0.3 is 0 Å². The lowest BCUT2D eigenvalue weighted by Gasteiger charge is -2.36. The van der Waals surface area contributed by atoms with Crippen molar-refractivity contribution in [2.45, 2.75) is 77.5 Å². The maximum Gasteiger partial charge on any atom is 0.259 e.